The van der Waals surface area contributed by atoms with E-state index in [4.69, 9.17) is 0 Å². The molecule has 0 spiro atoms. The summed E-state index contributed by atoms with van der Waals surface area (Å²) in [6, 6.07) is 13.9. The molecule has 0 aliphatic rings. The molecule has 6 heteroatoms. The normalized spacial score (nSPS) is 10.8. The number of rotatable bonds is 4. The van der Waals surface area contributed by atoms with Crippen molar-refractivity contribution < 1.29 is 9.90 Å². The molecule has 0 bridgehead atoms. The number of carbonyl (C=O) groups is 1. The maximum Gasteiger partial charge on any atom is 0.272 e. The first-order valence-corrected chi connectivity index (χ1v) is 6.94. The topological polar surface area (TPSA) is 79.5 Å². The largest absolute Gasteiger partial charge is 0.508 e. The van der Waals surface area contributed by atoms with Gasteiger partial charge in [-0.1, -0.05) is 0 Å². The van der Waals surface area contributed by atoms with Gasteiger partial charge in [-0.3, -0.25) is 9.78 Å². The van der Waals surface area contributed by atoms with Crippen LogP contribution in [0.3, 0.4) is 0 Å². The Morgan fingerprint density at radius 3 is 2.74 bits per heavy atom. The fraction of sp³-hybridized carbons (Fsp3) is 0. The maximum absolute atomic E-state index is 11.9. The van der Waals surface area contributed by atoms with Gasteiger partial charge >= 0.3 is 0 Å². The van der Waals surface area contributed by atoms with Crippen molar-refractivity contribution in [2.24, 2.45) is 5.10 Å². The predicted octanol–water partition coefficient (Wildman–Crippen LogP) is 2.34. The maximum atomic E-state index is 11.9. The fourth-order valence-corrected chi connectivity index (χ4v) is 2.07. The lowest BCUT2D eigenvalue weighted by Crippen LogP contribution is -2.17. The van der Waals surface area contributed by atoms with E-state index in [0.29, 0.717) is 5.56 Å². The number of amides is 1. The minimum atomic E-state index is -0.322. The molecule has 0 saturated heterocycles. The number of nitrogens with one attached hydrogen (secondary N) is 1. The summed E-state index contributed by atoms with van der Waals surface area (Å²) in [6.45, 7) is 0. The smallest absolute Gasteiger partial charge is 0.272 e. The van der Waals surface area contributed by atoms with Crippen LogP contribution in [0.15, 0.2) is 72.2 Å². The third-order valence-electron chi connectivity index (χ3n) is 3.19. The zero-order valence-corrected chi connectivity index (χ0v) is 12.1. The van der Waals surface area contributed by atoms with Crippen molar-refractivity contribution in [2.75, 3.05) is 0 Å². The van der Waals surface area contributed by atoms with E-state index in [9.17, 15) is 9.90 Å². The second-order valence-corrected chi connectivity index (χ2v) is 4.76. The molecular weight excluding hydrogens is 292 g/mol. The number of nitrogens with zero attached hydrogens (tertiary/aromatic N) is 3. The van der Waals surface area contributed by atoms with Gasteiger partial charge in [0.2, 0.25) is 0 Å². The van der Waals surface area contributed by atoms with Crippen LogP contribution in [0.5, 0.6) is 5.75 Å². The number of pyridine rings is 1. The molecule has 1 amide bonds. The van der Waals surface area contributed by atoms with Crippen LogP contribution in [0.4, 0.5) is 0 Å². The summed E-state index contributed by atoms with van der Waals surface area (Å²) in [6.07, 6.45) is 6.51. The van der Waals surface area contributed by atoms with E-state index in [1.54, 1.807) is 48.8 Å². The number of phenols is 1. The molecule has 2 aromatic heterocycles. The Labute approximate surface area is 132 Å². The van der Waals surface area contributed by atoms with Crippen molar-refractivity contribution in [1.82, 2.24) is 15.0 Å². The molecule has 3 rings (SSSR count). The highest BCUT2D eigenvalue weighted by Crippen LogP contribution is 2.15. The average molecular weight is 306 g/mol. The molecule has 2 heterocycles. The van der Waals surface area contributed by atoms with Gasteiger partial charge in [0.25, 0.3) is 5.91 Å². The highest BCUT2D eigenvalue weighted by atomic mass is 16.3. The van der Waals surface area contributed by atoms with Gasteiger partial charge in [0.15, 0.2) is 0 Å². The first-order chi connectivity index (χ1) is 11.2. The zero-order chi connectivity index (χ0) is 16.1. The lowest BCUT2D eigenvalue weighted by Gasteiger charge is -2.06. The summed E-state index contributed by atoms with van der Waals surface area (Å²) in [5, 5.41) is 13.3. The number of aromatic nitrogens is 2. The number of benzene rings is 1. The van der Waals surface area contributed by atoms with E-state index in [2.05, 4.69) is 15.5 Å². The number of phenolic OH excluding ortho intramolecular Hbond substituents is 1. The highest BCUT2D eigenvalue weighted by Gasteiger charge is 2.04. The van der Waals surface area contributed by atoms with Gasteiger partial charge in [-0.25, -0.2) is 5.43 Å². The van der Waals surface area contributed by atoms with Crippen LogP contribution in [0.1, 0.15) is 16.1 Å². The Balaban J connectivity index is 1.73. The average Bonchev–Trinajstić information content (AvgIpc) is 3.05. The third-order valence-corrected chi connectivity index (χ3v) is 3.19. The van der Waals surface area contributed by atoms with Crippen molar-refractivity contribution in [3.8, 4) is 11.4 Å². The molecule has 0 radical (unpaired) electrons. The Morgan fingerprint density at radius 1 is 1.17 bits per heavy atom. The highest BCUT2D eigenvalue weighted by molar-refractivity contribution is 5.94. The first kappa shape index (κ1) is 14.5. The molecule has 23 heavy (non-hydrogen) atoms. The summed E-state index contributed by atoms with van der Waals surface area (Å²) in [7, 11) is 0. The molecule has 0 atom stereocenters. The minimum Gasteiger partial charge on any atom is -0.508 e. The van der Waals surface area contributed by atoms with Crippen molar-refractivity contribution in [2.45, 2.75) is 0 Å². The predicted molar refractivity (Wildman–Crippen MR) is 86.7 cm³/mol. The summed E-state index contributed by atoms with van der Waals surface area (Å²) in [5.74, 6) is -0.114. The van der Waals surface area contributed by atoms with Gasteiger partial charge in [-0.15, -0.1) is 0 Å². The zero-order valence-electron chi connectivity index (χ0n) is 12.1. The Hall–Kier alpha value is -3.41. The second-order valence-electron chi connectivity index (χ2n) is 4.76. The van der Waals surface area contributed by atoms with E-state index >= 15 is 0 Å². The quantitative estimate of drug-likeness (QED) is 0.573. The number of hydrazone groups is 1. The van der Waals surface area contributed by atoms with Gasteiger partial charge in [-0.2, -0.15) is 5.10 Å². The van der Waals surface area contributed by atoms with Gasteiger partial charge in [0, 0.05) is 24.3 Å². The van der Waals surface area contributed by atoms with E-state index < -0.39 is 0 Å². The van der Waals surface area contributed by atoms with Gasteiger partial charge < -0.3 is 9.67 Å². The molecule has 1 aromatic carbocycles. The van der Waals surface area contributed by atoms with Crippen LogP contribution in [-0.4, -0.2) is 26.8 Å². The van der Waals surface area contributed by atoms with Gasteiger partial charge in [0.05, 0.1) is 17.5 Å². The van der Waals surface area contributed by atoms with Crippen LogP contribution < -0.4 is 5.43 Å². The summed E-state index contributed by atoms with van der Waals surface area (Å²) in [4.78, 5) is 15.8. The van der Waals surface area contributed by atoms with Crippen molar-refractivity contribution >= 4 is 12.1 Å². The molecule has 0 aliphatic heterocycles. The first-order valence-electron chi connectivity index (χ1n) is 6.94. The third kappa shape index (κ3) is 3.44. The molecular formula is C17H14N4O2. The fourth-order valence-electron chi connectivity index (χ4n) is 2.07. The van der Waals surface area contributed by atoms with E-state index in [1.165, 1.54) is 6.20 Å². The molecule has 0 saturated carbocycles. The molecule has 3 aromatic rings. The van der Waals surface area contributed by atoms with Crippen molar-refractivity contribution in [3.63, 3.8) is 0 Å². The molecule has 0 unspecified atom stereocenters. The van der Waals surface area contributed by atoms with Crippen molar-refractivity contribution in [3.05, 3.63) is 78.4 Å². The van der Waals surface area contributed by atoms with Crippen LogP contribution in [0.25, 0.3) is 5.69 Å². The summed E-state index contributed by atoms with van der Waals surface area (Å²) >= 11 is 0. The molecule has 6 nitrogen and oxygen atoms in total. The lowest BCUT2D eigenvalue weighted by atomic mass is 10.3. The second kappa shape index (κ2) is 6.57. The number of aromatic hydroxyl groups is 1. The standard InChI is InChI=1S/C17H14N4O2/c22-16-7-5-14(6-8-16)21-10-2-4-15(21)12-19-20-17(23)13-3-1-9-18-11-13/h1-12,22H,(H,20,23)/b19-12-. The molecule has 114 valence electrons. The van der Waals surface area contributed by atoms with Crippen LogP contribution in [0, 0.1) is 0 Å². The van der Waals surface area contributed by atoms with Crippen LogP contribution >= 0.6 is 0 Å². The Bertz CT molecular complexity index is 823. The molecule has 0 aliphatic carbocycles. The van der Waals surface area contributed by atoms with E-state index in [0.717, 1.165) is 11.4 Å². The number of carbonyl (C=O) groups excluding carboxylic acids is 1. The van der Waals surface area contributed by atoms with Crippen molar-refractivity contribution in [1.29, 1.82) is 0 Å². The monoisotopic (exact) mass is 306 g/mol. The van der Waals surface area contributed by atoms with E-state index in [-0.39, 0.29) is 11.7 Å². The summed E-state index contributed by atoms with van der Waals surface area (Å²) < 4.78 is 1.89. The van der Waals surface area contributed by atoms with Crippen LogP contribution in [0.2, 0.25) is 0 Å². The molecule has 0 fully saturated rings. The SMILES string of the molecule is O=C(N/N=C\c1cccn1-c1ccc(O)cc1)c1cccnc1. The number of hydrogen-bond donors (Lipinski definition) is 2. The molecule has 2 N–H and O–H groups in total. The van der Waals surface area contributed by atoms with E-state index in [1.807, 2.05) is 22.9 Å². The van der Waals surface area contributed by atoms with Crippen LogP contribution in [-0.2, 0) is 0 Å². The lowest BCUT2D eigenvalue weighted by molar-refractivity contribution is 0.0955. The summed E-state index contributed by atoms with van der Waals surface area (Å²) in [5.41, 5.74) is 4.58. The Morgan fingerprint density at radius 2 is 2.00 bits per heavy atom. The van der Waals surface area contributed by atoms with Gasteiger partial charge in [0.1, 0.15) is 5.75 Å². The Kier molecular flexibility index (Phi) is 4.15. The van der Waals surface area contributed by atoms with Gasteiger partial charge in [-0.05, 0) is 48.5 Å². The number of hydrogen-bond acceptors (Lipinski definition) is 4. The minimum absolute atomic E-state index is 0.208.